The zero-order valence-electron chi connectivity index (χ0n) is 13.6. The first-order valence-corrected chi connectivity index (χ1v) is 9.93. The molecule has 0 N–H and O–H groups in total. The average Bonchev–Trinajstić information content (AvgIpc) is 3.24. The van der Waals surface area contributed by atoms with Crippen molar-refractivity contribution in [3.8, 4) is 0 Å². The number of benzene rings is 2. The Balaban J connectivity index is 1.89. The maximum absolute atomic E-state index is 12.3. The predicted molar refractivity (Wildman–Crippen MR) is 103 cm³/mol. The van der Waals surface area contributed by atoms with Gasteiger partial charge in [-0.2, -0.15) is 9.31 Å². The van der Waals surface area contributed by atoms with E-state index in [1.54, 1.807) is 47.1 Å². The monoisotopic (exact) mass is 443 g/mol. The summed E-state index contributed by atoms with van der Waals surface area (Å²) in [6, 6.07) is 12.1. The molecule has 4 rings (SSSR count). The van der Waals surface area contributed by atoms with Crippen molar-refractivity contribution in [2.45, 2.75) is 18.2 Å². The molecule has 1 unspecified atom stereocenters. The molecule has 0 spiro atoms. The summed E-state index contributed by atoms with van der Waals surface area (Å²) in [5.41, 5.74) is 0.0971. The lowest BCUT2D eigenvalue weighted by atomic mass is 9.84. The molecule has 0 bridgehead atoms. The van der Waals surface area contributed by atoms with Gasteiger partial charge in [-0.25, -0.2) is 9.67 Å². The number of aromatic nitrogens is 3. The van der Waals surface area contributed by atoms with Crippen molar-refractivity contribution in [3.63, 3.8) is 0 Å². The van der Waals surface area contributed by atoms with E-state index in [4.69, 9.17) is 43.2 Å². The molecule has 2 aromatic carbocycles. The molecule has 3 aromatic rings. The van der Waals surface area contributed by atoms with Crippen LogP contribution in [-0.4, -0.2) is 19.0 Å². The van der Waals surface area contributed by atoms with Crippen LogP contribution in [0.25, 0.3) is 0 Å². The Morgan fingerprint density at radius 1 is 1.11 bits per heavy atom. The van der Waals surface area contributed by atoms with E-state index < -0.39 is 23.1 Å². The third kappa shape index (κ3) is 3.63. The minimum absolute atomic E-state index is 0.174. The highest BCUT2D eigenvalue weighted by atomic mass is 35.5. The lowest BCUT2D eigenvalue weighted by molar-refractivity contribution is 0.0124. The van der Waals surface area contributed by atoms with Crippen LogP contribution in [-0.2, 0) is 31.9 Å². The summed E-state index contributed by atoms with van der Waals surface area (Å²) in [6.07, 6.45) is 2.22. The Hall–Kier alpha value is -1.48. The second kappa shape index (κ2) is 7.50. The van der Waals surface area contributed by atoms with Crippen LogP contribution in [0.5, 0.6) is 0 Å². The fourth-order valence-corrected chi connectivity index (χ4v) is 4.70. The first-order valence-electron chi connectivity index (χ1n) is 7.80. The van der Waals surface area contributed by atoms with E-state index in [0.29, 0.717) is 20.6 Å². The summed E-state index contributed by atoms with van der Waals surface area (Å²) in [6.45, 7) is 0.174. The normalized spacial score (nSPS) is 25.0. The Labute approximate surface area is 172 Å². The number of rotatable bonds is 4. The zero-order chi connectivity index (χ0) is 19.0. The molecular weight excluding hydrogens is 433 g/mol. The van der Waals surface area contributed by atoms with Gasteiger partial charge < -0.3 is 0 Å². The van der Waals surface area contributed by atoms with Crippen molar-refractivity contribution < 1.29 is 12.6 Å². The van der Waals surface area contributed by atoms with E-state index in [9.17, 15) is 4.21 Å². The summed E-state index contributed by atoms with van der Waals surface area (Å²) in [7, 11) is 0. The van der Waals surface area contributed by atoms with Crippen LogP contribution in [0.1, 0.15) is 17.2 Å². The molecule has 0 aliphatic carbocycles. The summed E-state index contributed by atoms with van der Waals surface area (Å²) in [5.74, 6) is 0. The maximum atomic E-state index is 12.3. The minimum atomic E-state index is -1.99. The minimum Gasteiger partial charge on any atom is -0.257 e. The van der Waals surface area contributed by atoms with Crippen LogP contribution in [0, 0.1) is 0 Å². The van der Waals surface area contributed by atoms with Crippen molar-refractivity contribution in [2.24, 2.45) is 0 Å². The molecule has 1 aliphatic heterocycles. The maximum Gasteiger partial charge on any atom is 0.306 e. The van der Waals surface area contributed by atoms with Crippen molar-refractivity contribution >= 4 is 46.2 Å². The van der Waals surface area contributed by atoms with E-state index in [-0.39, 0.29) is 6.54 Å². The molecular formula is C17H12Cl3N3O3S. The van der Waals surface area contributed by atoms with Crippen LogP contribution < -0.4 is 0 Å². The number of halogens is 3. The van der Waals surface area contributed by atoms with Crippen LogP contribution in [0.15, 0.2) is 55.1 Å². The van der Waals surface area contributed by atoms with Gasteiger partial charge in [-0.05, 0) is 29.8 Å². The molecule has 0 saturated carbocycles. The van der Waals surface area contributed by atoms with Gasteiger partial charge in [0.05, 0.1) is 6.54 Å². The van der Waals surface area contributed by atoms with Crippen molar-refractivity contribution in [1.82, 2.24) is 14.8 Å². The van der Waals surface area contributed by atoms with Gasteiger partial charge in [0.1, 0.15) is 18.8 Å². The van der Waals surface area contributed by atoms with E-state index in [1.807, 2.05) is 0 Å². The molecule has 1 saturated heterocycles. The van der Waals surface area contributed by atoms with Crippen molar-refractivity contribution in [3.05, 3.63) is 81.3 Å². The largest absolute Gasteiger partial charge is 0.306 e. The molecule has 140 valence electrons. The third-order valence-corrected chi connectivity index (χ3v) is 5.82. The van der Waals surface area contributed by atoms with Crippen LogP contribution in [0.2, 0.25) is 15.1 Å². The first-order chi connectivity index (χ1) is 13.0. The molecule has 27 heavy (non-hydrogen) atoms. The third-order valence-electron chi connectivity index (χ3n) is 4.24. The van der Waals surface area contributed by atoms with Gasteiger partial charge in [-0.15, -0.1) is 0 Å². The van der Waals surface area contributed by atoms with E-state index in [2.05, 4.69) is 10.1 Å². The molecule has 1 aliphatic rings. The van der Waals surface area contributed by atoms with Gasteiger partial charge in [0, 0.05) is 20.6 Å². The number of hydrogen-bond acceptors (Lipinski definition) is 5. The average molecular weight is 445 g/mol. The second-order valence-corrected chi connectivity index (χ2v) is 7.97. The quantitative estimate of drug-likeness (QED) is 0.593. The smallest absolute Gasteiger partial charge is 0.257 e. The van der Waals surface area contributed by atoms with Crippen LogP contribution in [0.3, 0.4) is 0 Å². The summed E-state index contributed by atoms with van der Waals surface area (Å²) in [4.78, 5) is 3.96. The first kappa shape index (κ1) is 18.9. The second-order valence-electron chi connectivity index (χ2n) is 5.92. The Morgan fingerprint density at radius 2 is 1.85 bits per heavy atom. The molecule has 0 amide bonds. The molecule has 1 fully saturated rings. The lowest BCUT2D eigenvalue weighted by Crippen LogP contribution is -2.37. The molecule has 10 heteroatoms. The van der Waals surface area contributed by atoms with Crippen molar-refractivity contribution in [1.29, 1.82) is 0 Å². The highest BCUT2D eigenvalue weighted by molar-refractivity contribution is 7.75. The topological polar surface area (TPSA) is 66.2 Å². The molecule has 6 nitrogen and oxygen atoms in total. The highest BCUT2D eigenvalue weighted by Gasteiger charge is 2.54. The zero-order valence-corrected chi connectivity index (χ0v) is 16.7. The van der Waals surface area contributed by atoms with Gasteiger partial charge in [0.15, 0.2) is 5.60 Å². The van der Waals surface area contributed by atoms with Crippen molar-refractivity contribution in [2.75, 3.05) is 0 Å². The van der Waals surface area contributed by atoms with Gasteiger partial charge in [-0.3, -0.25) is 8.37 Å². The van der Waals surface area contributed by atoms with E-state index >= 15 is 0 Å². The Kier molecular flexibility index (Phi) is 5.24. The highest BCUT2D eigenvalue weighted by Crippen LogP contribution is 2.50. The SMILES string of the molecule is O=S1O[C@H](c2ccc(Cl)cc2)[C@](Cn2cncn2)(c2ccc(Cl)cc2Cl)O1. The lowest BCUT2D eigenvalue weighted by Gasteiger charge is -2.32. The van der Waals surface area contributed by atoms with Gasteiger partial charge in [-0.1, -0.05) is 53.0 Å². The Morgan fingerprint density at radius 3 is 2.52 bits per heavy atom. The predicted octanol–water partition coefficient (Wildman–Crippen LogP) is 4.50. The number of nitrogens with zero attached hydrogens (tertiary/aromatic N) is 3. The summed E-state index contributed by atoms with van der Waals surface area (Å²) < 4.78 is 25.4. The van der Waals surface area contributed by atoms with Crippen LogP contribution >= 0.6 is 34.8 Å². The standard InChI is InChI=1S/C17H12Cl3N3O3S/c18-12-3-1-11(2-4-12)16-17(26-27(24)25-16,8-23-10-21-9-22-23)14-6-5-13(19)7-15(14)20/h1-7,9-10,16H,8H2/t16-,17+,27?/m1/s1. The summed E-state index contributed by atoms with van der Waals surface area (Å²) in [5, 5.41) is 5.56. The van der Waals surface area contributed by atoms with Gasteiger partial charge in [0.25, 0.3) is 0 Å². The van der Waals surface area contributed by atoms with Gasteiger partial charge in [0.2, 0.25) is 0 Å². The Bertz CT molecular complexity index is 985. The molecule has 2 heterocycles. The van der Waals surface area contributed by atoms with Crippen LogP contribution in [0.4, 0.5) is 0 Å². The fourth-order valence-electron chi connectivity index (χ4n) is 3.07. The molecule has 1 aromatic heterocycles. The fraction of sp³-hybridized carbons (Fsp3) is 0.176. The summed E-state index contributed by atoms with van der Waals surface area (Å²) >= 11 is 16.5. The van der Waals surface area contributed by atoms with E-state index in [1.165, 1.54) is 12.7 Å². The number of hydrogen-bond donors (Lipinski definition) is 0. The molecule has 3 atom stereocenters. The van der Waals surface area contributed by atoms with E-state index in [0.717, 1.165) is 5.56 Å². The molecule has 0 radical (unpaired) electrons. The van der Waals surface area contributed by atoms with Gasteiger partial charge >= 0.3 is 11.4 Å².